The first-order chi connectivity index (χ1) is 10.0. The molecular weight excluding hydrogens is 266 g/mol. The molecule has 0 bridgehead atoms. The normalized spacial score (nSPS) is 12.9. The SMILES string of the molecule is CN=C(NCCC(=O)OC(C)C)NC(C)c1ccccc1. The molecule has 0 spiro atoms. The second-order valence-corrected chi connectivity index (χ2v) is 5.06. The molecule has 0 saturated heterocycles. The number of hydrogen-bond acceptors (Lipinski definition) is 3. The third kappa shape index (κ3) is 6.79. The van der Waals surface area contributed by atoms with Gasteiger partial charge in [0, 0.05) is 13.6 Å². The van der Waals surface area contributed by atoms with Gasteiger partial charge < -0.3 is 15.4 Å². The molecule has 5 heteroatoms. The van der Waals surface area contributed by atoms with Crippen LogP contribution in [0.15, 0.2) is 35.3 Å². The molecule has 1 unspecified atom stereocenters. The third-order valence-electron chi connectivity index (χ3n) is 2.87. The van der Waals surface area contributed by atoms with Crippen LogP contribution in [0.3, 0.4) is 0 Å². The van der Waals surface area contributed by atoms with Gasteiger partial charge in [0.1, 0.15) is 0 Å². The first-order valence-corrected chi connectivity index (χ1v) is 7.24. The van der Waals surface area contributed by atoms with Gasteiger partial charge in [-0.1, -0.05) is 30.3 Å². The Bertz CT molecular complexity index is 458. The lowest BCUT2D eigenvalue weighted by atomic mass is 10.1. The minimum absolute atomic E-state index is 0.0759. The molecule has 1 aromatic carbocycles. The van der Waals surface area contributed by atoms with Gasteiger partial charge in [-0.2, -0.15) is 0 Å². The van der Waals surface area contributed by atoms with Gasteiger partial charge in [0.25, 0.3) is 0 Å². The highest BCUT2D eigenvalue weighted by molar-refractivity contribution is 5.80. The van der Waals surface area contributed by atoms with Crippen molar-refractivity contribution in [3.05, 3.63) is 35.9 Å². The Hall–Kier alpha value is -2.04. The summed E-state index contributed by atoms with van der Waals surface area (Å²) in [5, 5.41) is 6.40. The van der Waals surface area contributed by atoms with Crippen molar-refractivity contribution in [3.8, 4) is 0 Å². The van der Waals surface area contributed by atoms with Crippen LogP contribution >= 0.6 is 0 Å². The van der Waals surface area contributed by atoms with Crippen LogP contribution in [0.2, 0.25) is 0 Å². The summed E-state index contributed by atoms with van der Waals surface area (Å²) >= 11 is 0. The van der Waals surface area contributed by atoms with Crippen LogP contribution in [-0.2, 0) is 9.53 Å². The van der Waals surface area contributed by atoms with E-state index in [-0.39, 0.29) is 18.1 Å². The number of carbonyl (C=O) groups is 1. The van der Waals surface area contributed by atoms with Crippen molar-refractivity contribution in [2.45, 2.75) is 39.3 Å². The van der Waals surface area contributed by atoms with Gasteiger partial charge in [-0.15, -0.1) is 0 Å². The molecule has 116 valence electrons. The Morgan fingerprint density at radius 2 is 1.90 bits per heavy atom. The molecule has 5 nitrogen and oxygen atoms in total. The lowest BCUT2D eigenvalue weighted by Gasteiger charge is -2.18. The molecule has 1 rings (SSSR count). The fourth-order valence-electron chi connectivity index (χ4n) is 1.83. The Balaban J connectivity index is 2.37. The maximum absolute atomic E-state index is 11.4. The molecule has 0 radical (unpaired) electrons. The predicted molar refractivity (Wildman–Crippen MR) is 85.2 cm³/mol. The summed E-state index contributed by atoms with van der Waals surface area (Å²) in [6.07, 6.45) is 0.242. The Labute approximate surface area is 126 Å². The van der Waals surface area contributed by atoms with Crippen LogP contribution in [-0.4, -0.2) is 31.6 Å². The third-order valence-corrected chi connectivity index (χ3v) is 2.87. The Morgan fingerprint density at radius 3 is 2.48 bits per heavy atom. The van der Waals surface area contributed by atoms with Crippen molar-refractivity contribution < 1.29 is 9.53 Å². The topological polar surface area (TPSA) is 62.7 Å². The summed E-state index contributed by atoms with van der Waals surface area (Å²) in [5.74, 6) is 0.466. The van der Waals surface area contributed by atoms with E-state index in [1.54, 1.807) is 7.05 Å². The van der Waals surface area contributed by atoms with Crippen LogP contribution in [0.25, 0.3) is 0 Å². The van der Waals surface area contributed by atoms with E-state index in [1.165, 1.54) is 5.56 Å². The summed E-state index contributed by atoms with van der Waals surface area (Å²) in [6.45, 7) is 6.24. The second-order valence-electron chi connectivity index (χ2n) is 5.06. The molecule has 0 fully saturated rings. The average molecular weight is 291 g/mol. The first-order valence-electron chi connectivity index (χ1n) is 7.24. The van der Waals surface area contributed by atoms with E-state index in [0.29, 0.717) is 18.9 Å². The van der Waals surface area contributed by atoms with E-state index in [2.05, 4.69) is 34.7 Å². The van der Waals surface area contributed by atoms with Crippen molar-refractivity contribution >= 4 is 11.9 Å². The van der Waals surface area contributed by atoms with Gasteiger partial charge >= 0.3 is 5.97 Å². The van der Waals surface area contributed by atoms with E-state index in [1.807, 2.05) is 32.0 Å². The molecule has 0 amide bonds. The van der Waals surface area contributed by atoms with E-state index in [9.17, 15) is 4.79 Å². The van der Waals surface area contributed by atoms with Gasteiger partial charge in [-0.25, -0.2) is 0 Å². The first kappa shape index (κ1) is 17.0. The van der Waals surface area contributed by atoms with Gasteiger partial charge in [-0.3, -0.25) is 9.79 Å². The van der Waals surface area contributed by atoms with Crippen molar-refractivity contribution in [1.29, 1.82) is 0 Å². The summed E-state index contributed by atoms with van der Waals surface area (Å²) in [4.78, 5) is 15.6. The molecule has 0 aliphatic rings. The van der Waals surface area contributed by atoms with Crippen LogP contribution in [0, 0.1) is 0 Å². The number of nitrogens with one attached hydrogen (secondary N) is 2. The highest BCUT2D eigenvalue weighted by Crippen LogP contribution is 2.10. The molecule has 0 aliphatic carbocycles. The van der Waals surface area contributed by atoms with Crippen molar-refractivity contribution in [3.63, 3.8) is 0 Å². The van der Waals surface area contributed by atoms with Crippen LogP contribution in [0.4, 0.5) is 0 Å². The second kappa shape index (κ2) is 9.00. The number of aliphatic imine (C=N–C) groups is 1. The zero-order valence-corrected chi connectivity index (χ0v) is 13.2. The van der Waals surface area contributed by atoms with Gasteiger partial charge in [-0.05, 0) is 26.3 Å². The zero-order valence-electron chi connectivity index (χ0n) is 13.2. The quantitative estimate of drug-likeness (QED) is 0.479. The van der Waals surface area contributed by atoms with Crippen LogP contribution in [0.1, 0.15) is 38.8 Å². The minimum atomic E-state index is -0.205. The Morgan fingerprint density at radius 1 is 1.24 bits per heavy atom. The molecule has 0 aliphatic heterocycles. The highest BCUT2D eigenvalue weighted by Gasteiger charge is 2.09. The van der Waals surface area contributed by atoms with Crippen molar-refractivity contribution in [2.24, 2.45) is 4.99 Å². The molecule has 1 aromatic rings. The molecule has 0 heterocycles. The van der Waals surface area contributed by atoms with E-state index in [4.69, 9.17) is 4.74 Å². The Kier molecular flexibility index (Phi) is 7.29. The maximum atomic E-state index is 11.4. The van der Waals surface area contributed by atoms with E-state index >= 15 is 0 Å². The summed E-state index contributed by atoms with van der Waals surface area (Å²) in [6, 6.07) is 10.3. The largest absolute Gasteiger partial charge is 0.463 e. The number of benzene rings is 1. The van der Waals surface area contributed by atoms with E-state index in [0.717, 1.165) is 0 Å². The average Bonchev–Trinajstić information content (AvgIpc) is 2.46. The lowest BCUT2D eigenvalue weighted by Crippen LogP contribution is -2.39. The molecule has 2 N–H and O–H groups in total. The molecule has 21 heavy (non-hydrogen) atoms. The summed E-state index contributed by atoms with van der Waals surface area (Å²) < 4.78 is 5.08. The maximum Gasteiger partial charge on any atom is 0.307 e. The van der Waals surface area contributed by atoms with E-state index < -0.39 is 0 Å². The summed E-state index contributed by atoms with van der Waals surface area (Å²) in [7, 11) is 1.71. The smallest absolute Gasteiger partial charge is 0.307 e. The number of nitrogens with zero attached hydrogens (tertiary/aromatic N) is 1. The number of ether oxygens (including phenoxy) is 1. The number of carbonyl (C=O) groups excluding carboxylic acids is 1. The van der Waals surface area contributed by atoms with Crippen LogP contribution < -0.4 is 10.6 Å². The lowest BCUT2D eigenvalue weighted by molar-refractivity contribution is -0.147. The fourth-order valence-corrected chi connectivity index (χ4v) is 1.83. The van der Waals surface area contributed by atoms with Gasteiger partial charge in [0.05, 0.1) is 18.6 Å². The molecular formula is C16H25N3O2. The minimum Gasteiger partial charge on any atom is -0.463 e. The summed E-state index contributed by atoms with van der Waals surface area (Å²) in [5.41, 5.74) is 1.18. The standard InChI is InChI=1S/C16H25N3O2/c1-12(2)21-15(20)10-11-18-16(17-4)19-13(3)14-8-6-5-7-9-14/h5-9,12-13H,10-11H2,1-4H3,(H2,17,18,19). The fraction of sp³-hybridized carbons (Fsp3) is 0.500. The molecule has 0 aromatic heterocycles. The van der Waals surface area contributed by atoms with Crippen molar-refractivity contribution in [2.75, 3.05) is 13.6 Å². The predicted octanol–water partition coefficient (Wildman–Crippen LogP) is 2.25. The number of esters is 1. The van der Waals surface area contributed by atoms with Crippen LogP contribution in [0.5, 0.6) is 0 Å². The molecule has 0 saturated carbocycles. The van der Waals surface area contributed by atoms with Crippen molar-refractivity contribution in [1.82, 2.24) is 10.6 Å². The number of hydrogen-bond donors (Lipinski definition) is 2. The van der Waals surface area contributed by atoms with Gasteiger partial charge in [0.15, 0.2) is 5.96 Å². The zero-order chi connectivity index (χ0) is 15.7. The monoisotopic (exact) mass is 291 g/mol. The van der Waals surface area contributed by atoms with Gasteiger partial charge in [0.2, 0.25) is 0 Å². The number of guanidine groups is 1. The molecule has 1 atom stereocenters. The number of rotatable bonds is 6. The highest BCUT2D eigenvalue weighted by atomic mass is 16.5.